The molecule has 0 saturated heterocycles. The van der Waals surface area contributed by atoms with Gasteiger partial charge in [-0.3, -0.25) is 0 Å². The Morgan fingerprint density at radius 3 is 2.33 bits per heavy atom. The molecule has 0 aliphatic heterocycles. The van der Waals surface area contributed by atoms with Crippen LogP contribution in [0.2, 0.25) is 0 Å². The van der Waals surface area contributed by atoms with Crippen molar-refractivity contribution < 1.29 is 4.74 Å². The standard InChI is InChI=1S/C13H21NO/c1-10(2)14(5)12-7-6-8-13(9-12)15-11(3)4/h6-11H,1-5H3. The van der Waals surface area contributed by atoms with E-state index in [1.165, 1.54) is 5.69 Å². The number of hydrogen-bond donors (Lipinski definition) is 0. The van der Waals surface area contributed by atoms with Gasteiger partial charge in [-0.15, -0.1) is 0 Å². The van der Waals surface area contributed by atoms with Crippen molar-refractivity contribution in [1.82, 2.24) is 0 Å². The molecule has 0 aliphatic carbocycles. The summed E-state index contributed by atoms with van der Waals surface area (Å²) in [6, 6.07) is 8.72. The van der Waals surface area contributed by atoms with E-state index in [0.717, 1.165) is 5.75 Å². The maximum Gasteiger partial charge on any atom is 0.121 e. The first kappa shape index (κ1) is 11.9. The number of hydrogen-bond acceptors (Lipinski definition) is 2. The van der Waals surface area contributed by atoms with Crippen LogP contribution in [0.5, 0.6) is 5.75 Å². The Kier molecular flexibility index (Phi) is 4.01. The van der Waals surface area contributed by atoms with Crippen LogP contribution in [0.15, 0.2) is 24.3 Å². The van der Waals surface area contributed by atoms with Gasteiger partial charge in [-0.1, -0.05) is 6.07 Å². The SMILES string of the molecule is CC(C)Oc1cccc(N(C)C(C)C)c1. The summed E-state index contributed by atoms with van der Waals surface area (Å²) in [4.78, 5) is 2.23. The van der Waals surface area contributed by atoms with E-state index in [9.17, 15) is 0 Å². The van der Waals surface area contributed by atoms with Crippen LogP contribution in [0, 0.1) is 0 Å². The zero-order chi connectivity index (χ0) is 11.4. The summed E-state index contributed by atoms with van der Waals surface area (Å²) < 4.78 is 5.66. The molecule has 0 amide bonds. The van der Waals surface area contributed by atoms with Gasteiger partial charge in [-0.05, 0) is 39.8 Å². The molecule has 0 unspecified atom stereocenters. The molecule has 0 atom stereocenters. The lowest BCUT2D eigenvalue weighted by Gasteiger charge is -2.24. The molecule has 84 valence electrons. The van der Waals surface area contributed by atoms with Gasteiger partial charge in [0.05, 0.1) is 6.10 Å². The highest BCUT2D eigenvalue weighted by molar-refractivity contribution is 5.50. The van der Waals surface area contributed by atoms with Gasteiger partial charge < -0.3 is 9.64 Å². The van der Waals surface area contributed by atoms with Crippen molar-refractivity contribution in [3.8, 4) is 5.75 Å². The van der Waals surface area contributed by atoms with E-state index in [-0.39, 0.29) is 6.10 Å². The monoisotopic (exact) mass is 207 g/mol. The summed E-state index contributed by atoms with van der Waals surface area (Å²) in [5.41, 5.74) is 1.20. The van der Waals surface area contributed by atoms with E-state index in [1.54, 1.807) is 0 Å². The summed E-state index contributed by atoms with van der Waals surface area (Å²) in [5, 5.41) is 0. The van der Waals surface area contributed by atoms with Crippen LogP contribution in [0.25, 0.3) is 0 Å². The first-order valence-corrected chi connectivity index (χ1v) is 5.50. The highest BCUT2D eigenvalue weighted by Gasteiger charge is 2.06. The summed E-state index contributed by atoms with van der Waals surface area (Å²) in [5.74, 6) is 0.940. The van der Waals surface area contributed by atoms with Gasteiger partial charge in [0.15, 0.2) is 0 Å². The Morgan fingerprint density at radius 1 is 1.13 bits per heavy atom. The number of benzene rings is 1. The van der Waals surface area contributed by atoms with Gasteiger partial charge in [0.1, 0.15) is 5.75 Å². The third kappa shape index (κ3) is 3.46. The molecule has 0 aromatic heterocycles. The van der Waals surface area contributed by atoms with Crippen LogP contribution < -0.4 is 9.64 Å². The molecule has 2 nitrogen and oxygen atoms in total. The van der Waals surface area contributed by atoms with Gasteiger partial charge in [0.25, 0.3) is 0 Å². The Morgan fingerprint density at radius 2 is 1.80 bits per heavy atom. The van der Waals surface area contributed by atoms with Crippen LogP contribution in [0.3, 0.4) is 0 Å². The molecule has 0 heterocycles. The first-order valence-electron chi connectivity index (χ1n) is 5.50. The normalized spacial score (nSPS) is 10.9. The van der Waals surface area contributed by atoms with Crippen LogP contribution in [0.4, 0.5) is 5.69 Å². The summed E-state index contributed by atoms with van der Waals surface area (Å²) in [6.45, 7) is 8.43. The number of ether oxygens (including phenoxy) is 1. The fourth-order valence-corrected chi connectivity index (χ4v) is 1.35. The van der Waals surface area contributed by atoms with E-state index in [1.807, 2.05) is 26.0 Å². The van der Waals surface area contributed by atoms with Crippen molar-refractivity contribution in [2.45, 2.75) is 39.8 Å². The molecule has 0 aliphatic rings. The van der Waals surface area contributed by atoms with Crippen molar-refractivity contribution in [2.24, 2.45) is 0 Å². The lowest BCUT2D eigenvalue weighted by atomic mass is 10.2. The lowest BCUT2D eigenvalue weighted by Crippen LogP contribution is -2.25. The second-order valence-electron chi connectivity index (χ2n) is 4.37. The Labute approximate surface area is 92.9 Å². The minimum atomic E-state index is 0.226. The smallest absolute Gasteiger partial charge is 0.121 e. The van der Waals surface area contributed by atoms with Crippen molar-refractivity contribution in [2.75, 3.05) is 11.9 Å². The topological polar surface area (TPSA) is 12.5 Å². The number of anilines is 1. The number of nitrogens with zero attached hydrogens (tertiary/aromatic N) is 1. The average Bonchev–Trinajstić information content (AvgIpc) is 2.16. The van der Waals surface area contributed by atoms with Crippen molar-refractivity contribution in [3.63, 3.8) is 0 Å². The van der Waals surface area contributed by atoms with Crippen molar-refractivity contribution in [3.05, 3.63) is 24.3 Å². The zero-order valence-corrected chi connectivity index (χ0v) is 10.3. The van der Waals surface area contributed by atoms with E-state index < -0.39 is 0 Å². The molecule has 2 heteroatoms. The van der Waals surface area contributed by atoms with E-state index in [4.69, 9.17) is 4.74 Å². The zero-order valence-electron chi connectivity index (χ0n) is 10.3. The Balaban J connectivity index is 2.82. The Hall–Kier alpha value is -1.18. The van der Waals surface area contributed by atoms with E-state index in [2.05, 4.69) is 37.9 Å². The van der Waals surface area contributed by atoms with Crippen LogP contribution >= 0.6 is 0 Å². The maximum absolute atomic E-state index is 5.66. The Bertz CT molecular complexity index is 307. The minimum absolute atomic E-state index is 0.226. The molecular formula is C13H21NO. The van der Waals surface area contributed by atoms with E-state index in [0.29, 0.717) is 6.04 Å². The largest absolute Gasteiger partial charge is 0.491 e. The summed E-state index contributed by atoms with van der Waals surface area (Å²) >= 11 is 0. The van der Waals surface area contributed by atoms with Gasteiger partial charge >= 0.3 is 0 Å². The van der Waals surface area contributed by atoms with Gasteiger partial charge in [0.2, 0.25) is 0 Å². The predicted molar refractivity (Wildman–Crippen MR) is 65.7 cm³/mol. The summed E-state index contributed by atoms with van der Waals surface area (Å²) in [6.07, 6.45) is 0.226. The maximum atomic E-state index is 5.66. The van der Waals surface area contributed by atoms with Crippen LogP contribution in [0.1, 0.15) is 27.7 Å². The minimum Gasteiger partial charge on any atom is -0.491 e. The third-order valence-corrected chi connectivity index (χ3v) is 2.37. The van der Waals surface area contributed by atoms with Gasteiger partial charge in [-0.2, -0.15) is 0 Å². The molecule has 15 heavy (non-hydrogen) atoms. The van der Waals surface area contributed by atoms with Gasteiger partial charge in [-0.25, -0.2) is 0 Å². The fourth-order valence-electron chi connectivity index (χ4n) is 1.35. The van der Waals surface area contributed by atoms with Crippen molar-refractivity contribution >= 4 is 5.69 Å². The quantitative estimate of drug-likeness (QED) is 0.751. The summed E-state index contributed by atoms with van der Waals surface area (Å²) in [7, 11) is 2.10. The van der Waals surface area contributed by atoms with Crippen LogP contribution in [-0.2, 0) is 0 Å². The number of rotatable bonds is 4. The van der Waals surface area contributed by atoms with Crippen molar-refractivity contribution in [1.29, 1.82) is 0 Å². The first-order chi connectivity index (χ1) is 7.00. The molecule has 0 saturated carbocycles. The molecule has 1 rings (SSSR count). The molecule has 0 N–H and O–H groups in total. The molecule has 0 fully saturated rings. The predicted octanol–water partition coefficient (Wildman–Crippen LogP) is 3.32. The molecule has 0 radical (unpaired) electrons. The lowest BCUT2D eigenvalue weighted by molar-refractivity contribution is 0.242. The highest BCUT2D eigenvalue weighted by Crippen LogP contribution is 2.22. The van der Waals surface area contributed by atoms with Crippen LogP contribution in [-0.4, -0.2) is 19.2 Å². The second kappa shape index (κ2) is 5.06. The molecule has 0 bridgehead atoms. The molecule has 0 spiro atoms. The highest BCUT2D eigenvalue weighted by atomic mass is 16.5. The second-order valence-corrected chi connectivity index (χ2v) is 4.37. The fraction of sp³-hybridized carbons (Fsp3) is 0.538. The third-order valence-electron chi connectivity index (χ3n) is 2.37. The van der Waals surface area contributed by atoms with E-state index >= 15 is 0 Å². The molecule has 1 aromatic rings. The molecule has 1 aromatic carbocycles. The molecular weight excluding hydrogens is 186 g/mol. The average molecular weight is 207 g/mol. The van der Waals surface area contributed by atoms with Gasteiger partial charge in [0, 0.05) is 24.8 Å².